The largest absolute Gasteiger partial charge is 0.324 e. The summed E-state index contributed by atoms with van der Waals surface area (Å²) in [5.74, 6) is 0.199. The fourth-order valence-electron chi connectivity index (χ4n) is 3.79. The number of carbonyl (C=O) groups is 1. The van der Waals surface area contributed by atoms with Crippen molar-refractivity contribution in [1.29, 1.82) is 0 Å². The molecule has 3 heteroatoms. The Morgan fingerprint density at radius 1 is 1.16 bits per heavy atom. The lowest BCUT2D eigenvalue weighted by Crippen LogP contribution is -2.57. The predicted molar refractivity (Wildman–Crippen MR) is 76.1 cm³/mol. The zero-order valence-electron chi connectivity index (χ0n) is 12.0. The Balaban J connectivity index is 2.19. The van der Waals surface area contributed by atoms with Gasteiger partial charge >= 0.3 is 0 Å². The summed E-state index contributed by atoms with van der Waals surface area (Å²) in [5.41, 5.74) is 1.89. The van der Waals surface area contributed by atoms with Crippen LogP contribution in [-0.2, 0) is 5.54 Å². The van der Waals surface area contributed by atoms with E-state index in [1.807, 2.05) is 12.1 Å². The highest BCUT2D eigenvalue weighted by molar-refractivity contribution is 6.00. The van der Waals surface area contributed by atoms with Crippen molar-refractivity contribution in [2.75, 3.05) is 13.1 Å². The molecule has 1 aromatic carbocycles. The molecule has 0 unspecified atom stereocenters. The van der Waals surface area contributed by atoms with Gasteiger partial charge in [-0.1, -0.05) is 18.2 Å². The molecule has 2 aliphatic rings. The lowest BCUT2D eigenvalue weighted by molar-refractivity contribution is 0.00457. The zero-order valence-corrected chi connectivity index (χ0v) is 12.0. The first-order chi connectivity index (χ1) is 8.97. The van der Waals surface area contributed by atoms with Crippen molar-refractivity contribution in [3.63, 3.8) is 0 Å². The van der Waals surface area contributed by atoms with E-state index in [1.165, 1.54) is 5.56 Å². The maximum absolute atomic E-state index is 12.8. The lowest BCUT2D eigenvalue weighted by Gasteiger charge is -2.49. The number of benzene rings is 1. The van der Waals surface area contributed by atoms with Gasteiger partial charge in [-0.25, -0.2) is 0 Å². The van der Waals surface area contributed by atoms with Crippen LogP contribution in [0, 0.1) is 0 Å². The van der Waals surface area contributed by atoms with Gasteiger partial charge in [0.1, 0.15) is 0 Å². The average Bonchev–Trinajstić information content (AvgIpc) is 2.61. The molecule has 2 heterocycles. The molecule has 1 spiro atoms. The quantitative estimate of drug-likeness (QED) is 0.775. The Bertz CT molecular complexity index is 510. The summed E-state index contributed by atoms with van der Waals surface area (Å²) in [6.45, 7) is 8.38. The molecule has 102 valence electrons. The molecular weight excluding hydrogens is 236 g/mol. The number of piperidine rings is 1. The maximum atomic E-state index is 12.8. The van der Waals surface area contributed by atoms with E-state index >= 15 is 0 Å². The van der Waals surface area contributed by atoms with Crippen LogP contribution in [0.25, 0.3) is 0 Å². The van der Waals surface area contributed by atoms with E-state index in [0.717, 1.165) is 31.5 Å². The lowest BCUT2D eigenvalue weighted by atomic mass is 9.79. The molecule has 3 nitrogen and oxygen atoms in total. The summed E-state index contributed by atoms with van der Waals surface area (Å²) < 4.78 is 0. The third-order valence-electron chi connectivity index (χ3n) is 4.39. The number of carbonyl (C=O) groups excluding carboxylic acids is 1. The molecule has 0 saturated carbocycles. The number of amides is 1. The molecule has 0 bridgehead atoms. The van der Waals surface area contributed by atoms with Crippen LogP contribution in [0.4, 0.5) is 0 Å². The van der Waals surface area contributed by atoms with E-state index in [4.69, 9.17) is 0 Å². The van der Waals surface area contributed by atoms with E-state index in [1.54, 1.807) is 0 Å². The molecule has 1 aromatic rings. The summed E-state index contributed by atoms with van der Waals surface area (Å²) in [5, 5.41) is 3.42. The van der Waals surface area contributed by atoms with Crippen LogP contribution in [0.2, 0.25) is 0 Å². The number of nitrogens with zero attached hydrogens (tertiary/aromatic N) is 1. The van der Waals surface area contributed by atoms with Crippen molar-refractivity contribution in [1.82, 2.24) is 10.2 Å². The molecule has 0 aliphatic carbocycles. The van der Waals surface area contributed by atoms with Crippen molar-refractivity contribution in [3.05, 3.63) is 35.4 Å². The number of rotatable bonds is 0. The van der Waals surface area contributed by atoms with Gasteiger partial charge in [-0.2, -0.15) is 0 Å². The predicted octanol–water partition coefficient (Wildman–Crippen LogP) is 2.52. The van der Waals surface area contributed by atoms with Gasteiger partial charge in [0.15, 0.2) is 0 Å². The molecule has 1 N–H and O–H groups in total. The van der Waals surface area contributed by atoms with Crippen LogP contribution < -0.4 is 5.32 Å². The van der Waals surface area contributed by atoms with Crippen LogP contribution in [0.15, 0.2) is 24.3 Å². The molecule has 1 saturated heterocycles. The minimum atomic E-state index is -0.145. The Labute approximate surface area is 115 Å². The number of fused-ring (bicyclic) bond motifs is 2. The van der Waals surface area contributed by atoms with Gasteiger partial charge in [-0.3, -0.25) is 4.79 Å². The fourth-order valence-corrected chi connectivity index (χ4v) is 3.79. The van der Waals surface area contributed by atoms with Crippen LogP contribution in [0.5, 0.6) is 0 Å². The second-order valence-electron chi connectivity index (χ2n) is 6.64. The third kappa shape index (κ3) is 1.71. The molecule has 3 rings (SSSR count). The second-order valence-corrected chi connectivity index (χ2v) is 6.64. The standard InChI is InChI=1S/C16H22N2O/c1-15(2,3)18-14(19)12-6-4-5-7-13(12)16(18)8-10-17-11-9-16/h4-7,17H,8-11H2,1-3H3. The SMILES string of the molecule is CC(C)(C)N1C(=O)c2ccccc2C12CCNCC2. The minimum Gasteiger partial charge on any atom is -0.324 e. The number of nitrogens with one attached hydrogen (secondary N) is 1. The monoisotopic (exact) mass is 258 g/mol. The highest BCUT2D eigenvalue weighted by Gasteiger charge is 2.53. The van der Waals surface area contributed by atoms with Gasteiger partial charge < -0.3 is 10.2 Å². The van der Waals surface area contributed by atoms with Crippen LogP contribution in [-0.4, -0.2) is 29.4 Å². The summed E-state index contributed by atoms with van der Waals surface area (Å²) >= 11 is 0. The number of hydrogen-bond acceptors (Lipinski definition) is 2. The van der Waals surface area contributed by atoms with Gasteiger partial charge in [0.05, 0.1) is 5.54 Å². The van der Waals surface area contributed by atoms with Gasteiger partial charge in [0.25, 0.3) is 5.91 Å². The van der Waals surface area contributed by atoms with Gasteiger partial charge in [0, 0.05) is 11.1 Å². The topological polar surface area (TPSA) is 32.3 Å². The maximum Gasteiger partial charge on any atom is 0.255 e. The van der Waals surface area contributed by atoms with Crippen molar-refractivity contribution in [3.8, 4) is 0 Å². The highest BCUT2D eigenvalue weighted by atomic mass is 16.2. The molecule has 2 aliphatic heterocycles. The first kappa shape index (κ1) is 12.7. The Kier molecular flexibility index (Phi) is 2.72. The fraction of sp³-hybridized carbons (Fsp3) is 0.562. The molecule has 0 aromatic heterocycles. The van der Waals surface area contributed by atoms with Crippen LogP contribution >= 0.6 is 0 Å². The van der Waals surface area contributed by atoms with E-state index < -0.39 is 0 Å². The zero-order chi connectivity index (χ0) is 13.7. The van der Waals surface area contributed by atoms with Crippen molar-refractivity contribution >= 4 is 5.91 Å². The van der Waals surface area contributed by atoms with Crippen molar-refractivity contribution in [2.24, 2.45) is 0 Å². The molecule has 19 heavy (non-hydrogen) atoms. The van der Waals surface area contributed by atoms with E-state index in [9.17, 15) is 4.79 Å². The number of hydrogen-bond donors (Lipinski definition) is 1. The minimum absolute atomic E-state index is 0.100. The normalized spacial score (nSPS) is 21.8. The van der Waals surface area contributed by atoms with E-state index in [0.29, 0.717) is 0 Å². The van der Waals surface area contributed by atoms with Gasteiger partial charge in [-0.15, -0.1) is 0 Å². The first-order valence-corrected chi connectivity index (χ1v) is 7.12. The van der Waals surface area contributed by atoms with Gasteiger partial charge in [-0.05, 0) is 58.3 Å². The Morgan fingerprint density at radius 2 is 1.79 bits per heavy atom. The first-order valence-electron chi connectivity index (χ1n) is 7.12. The Hall–Kier alpha value is -1.35. The smallest absolute Gasteiger partial charge is 0.255 e. The van der Waals surface area contributed by atoms with Crippen LogP contribution in [0.1, 0.15) is 49.5 Å². The Morgan fingerprint density at radius 3 is 2.42 bits per heavy atom. The van der Waals surface area contributed by atoms with Crippen LogP contribution in [0.3, 0.4) is 0 Å². The summed E-state index contributed by atoms with van der Waals surface area (Å²) in [4.78, 5) is 15.0. The summed E-state index contributed by atoms with van der Waals surface area (Å²) in [6.07, 6.45) is 2.01. The molecule has 0 radical (unpaired) electrons. The molecule has 1 amide bonds. The molecular formula is C16H22N2O. The molecule has 0 atom stereocenters. The second kappa shape index (κ2) is 4.07. The summed E-state index contributed by atoms with van der Waals surface area (Å²) in [7, 11) is 0. The molecule has 1 fully saturated rings. The van der Waals surface area contributed by atoms with Gasteiger partial charge in [0.2, 0.25) is 0 Å². The highest BCUT2D eigenvalue weighted by Crippen LogP contribution is 2.48. The summed E-state index contributed by atoms with van der Waals surface area (Å²) in [6, 6.07) is 8.15. The van der Waals surface area contributed by atoms with E-state index in [2.05, 4.69) is 43.1 Å². The van der Waals surface area contributed by atoms with Crippen molar-refractivity contribution in [2.45, 2.75) is 44.7 Å². The van der Waals surface area contributed by atoms with E-state index in [-0.39, 0.29) is 17.0 Å². The third-order valence-corrected chi connectivity index (χ3v) is 4.39. The average molecular weight is 258 g/mol. The van der Waals surface area contributed by atoms with Crippen molar-refractivity contribution < 1.29 is 4.79 Å².